The second-order valence-corrected chi connectivity index (χ2v) is 6.64. The van der Waals surface area contributed by atoms with Gasteiger partial charge in [-0.2, -0.15) is 0 Å². The number of benzene rings is 1. The standard InChI is InChI=1S/C19H26N2O2/c1-15-3-2-10-21(14-15)11-9-20-19(22)7-5-16-4-6-18-17(13-16)8-12-23-18/h4-7,13,15H,2-3,8-12,14H2,1H3,(H,20,22)/b7-5+/t15-/m1/s1. The van der Waals surface area contributed by atoms with E-state index in [0.717, 1.165) is 49.9 Å². The third-order valence-corrected chi connectivity index (χ3v) is 4.61. The van der Waals surface area contributed by atoms with Crippen LogP contribution in [-0.2, 0) is 11.2 Å². The van der Waals surface area contributed by atoms with E-state index in [1.54, 1.807) is 6.08 Å². The van der Waals surface area contributed by atoms with E-state index in [1.807, 2.05) is 18.2 Å². The molecule has 0 radical (unpaired) electrons. The highest BCUT2D eigenvalue weighted by molar-refractivity contribution is 5.91. The number of carbonyl (C=O) groups excluding carboxylic acids is 1. The number of rotatable bonds is 5. The van der Waals surface area contributed by atoms with E-state index in [-0.39, 0.29) is 5.91 Å². The third-order valence-electron chi connectivity index (χ3n) is 4.61. The Bertz CT molecular complexity index is 583. The topological polar surface area (TPSA) is 41.6 Å². The second kappa shape index (κ2) is 7.64. The number of piperidine rings is 1. The Kier molecular flexibility index (Phi) is 5.34. The van der Waals surface area contributed by atoms with E-state index in [1.165, 1.54) is 18.4 Å². The molecular weight excluding hydrogens is 288 g/mol. The first-order valence-electron chi connectivity index (χ1n) is 8.65. The van der Waals surface area contributed by atoms with Crippen LogP contribution in [0.15, 0.2) is 24.3 Å². The van der Waals surface area contributed by atoms with Crippen molar-refractivity contribution in [1.29, 1.82) is 0 Å². The molecule has 2 aliphatic heterocycles. The summed E-state index contributed by atoms with van der Waals surface area (Å²) in [5.41, 5.74) is 2.28. The molecule has 1 saturated heterocycles. The summed E-state index contributed by atoms with van der Waals surface area (Å²) in [5.74, 6) is 1.73. The molecule has 1 aromatic rings. The second-order valence-electron chi connectivity index (χ2n) is 6.64. The molecule has 0 aromatic heterocycles. The molecule has 1 amide bonds. The molecule has 1 fully saturated rings. The lowest BCUT2D eigenvalue weighted by molar-refractivity contribution is -0.116. The molecule has 3 rings (SSSR count). The molecule has 0 unspecified atom stereocenters. The van der Waals surface area contributed by atoms with Gasteiger partial charge in [0.1, 0.15) is 5.75 Å². The lowest BCUT2D eigenvalue weighted by Gasteiger charge is -2.30. The molecule has 4 nitrogen and oxygen atoms in total. The molecule has 0 saturated carbocycles. The first kappa shape index (κ1) is 16.1. The summed E-state index contributed by atoms with van der Waals surface area (Å²) in [6.07, 6.45) is 7.05. The Labute approximate surface area is 138 Å². The van der Waals surface area contributed by atoms with E-state index in [9.17, 15) is 4.79 Å². The van der Waals surface area contributed by atoms with Gasteiger partial charge in [0.2, 0.25) is 5.91 Å². The number of fused-ring (bicyclic) bond motifs is 1. The minimum absolute atomic E-state index is 0.0215. The van der Waals surface area contributed by atoms with E-state index in [4.69, 9.17) is 4.74 Å². The molecule has 4 heteroatoms. The van der Waals surface area contributed by atoms with Crippen molar-refractivity contribution in [1.82, 2.24) is 10.2 Å². The molecule has 2 aliphatic rings. The van der Waals surface area contributed by atoms with Crippen LogP contribution in [0.3, 0.4) is 0 Å². The lowest BCUT2D eigenvalue weighted by atomic mass is 10.0. The van der Waals surface area contributed by atoms with Crippen LogP contribution in [0.4, 0.5) is 0 Å². The van der Waals surface area contributed by atoms with Crippen LogP contribution in [0.2, 0.25) is 0 Å². The molecule has 2 heterocycles. The average Bonchev–Trinajstić information content (AvgIpc) is 3.00. The van der Waals surface area contributed by atoms with Gasteiger partial charge in [0.05, 0.1) is 6.61 Å². The van der Waals surface area contributed by atoms with Gasteiger partial charge in [-0.3, -0.25) is 4.79 Å². The van der Waals surface area contributed by atoms with Gasteiger partial charge < -0.3 is 15.0 Å². The fourth-order valence-corrected chi connectivity index (χ4v) is 3.37. The smallest absolute Gasteiger partial charge is 0.244 e. The fraction of sp³-hybridized carbons (Fsp3) is 0.526. The first-order valence-corrected chi connectivity index (χ1v) is 8.65. The van der Waals surface area contributed by atoms with Crippen LogP contribution in [0, 0.1) is 5.92 Å². The number of hydrogen-bond acceptors (Lipinski definition) is 3. The summed E-state index contributed by atoms with van der Waals surface area (Å²) < 4.78 is 5.49. The van der Waals surface area contributed by atoms with Crippen LogP contribution < -0.4 is 10.1 Å². The zero-order chi connectivity index (χ0) is 16.1. The molecule has 0 bridgehead atoms. The van der Waals surface area contributed by atoms with Crippen molar-refractivity contribution in [2.75, 3.05) is 32.8 Å². The summed E-state index contributed by atoms with van der Waals surface area (Å²) in [5, 5.41) is 2.98. The maximum Gasteiger partial charge on any atom is 0.244 e. The van der Waals surface area contributed by atoms with Crippen molar-refractivity contribution < 1.29 is 9.53 Å². The Morgan fingerprint density at radius 1 is 1.48 bits per heavy atom. The quantitative estimate of drug-likeness (QED) is 0.849. The molecule has 1 atom stereocenters. The number of hydrogen-bond donors (Lipinski definition) is 1. The Balaban J connectivity index is 1.42. The molecule has 23 heavy (non-hydrogen) atoms. The fourth-order valence-electron chi connectivity index (χ4n) is 3.37. The van der Waals surface area contributed by atoms with Crippen LogP contribution in [-0.4, -0.2) is 43.6 Å². The minimum atomic E-state index is -0.0215. The van der Waals surface area contributed by atoms with Crippen LogP contribution >= 0.6 is 0 Å². The number of carbonyl (C=O) groups is 1. The summed E-state index contributed by atoms with van der Waals surface area (Å²) in [7, 11) is 0. The highest BCUT2D eigenvalue weighted by Gasteiger charge is 2.15. The molecule has 0 aliphatic carbocycles. The monoisotopic (exact) mass is 314 g/mol. The summed E-state index contributed by atoms with van der Waals surface area (Å²) in [4.78, 5) is 14.4. The van der Waals surface area contributed by atoms with Crippen LogP contribution in [0.1, 0.15) is 30.9 Å². The molecule has 1 N–H and O–H groups in total. The van der Waals surface area contributed by atoms with Gasteiger partial charge in [0, 0.05) is 32.1 Å². The van der Waals surface area contributed by atoms with Crippen LogP contribution in [0.5, 0.6) is 5.75 Å². The normalized spacial score (nSPS) is 21.2. The van der Waals surface area contributed by atoms with Crippen molar-refractivity contribution in [2.45, 2.75) is 26.2 Å². The number of amides is 1. The van der Waals surface area contributed by atoms with Crippen molar-refractivity contribution in [3.63, 3.8) is 0 Å². The number of nitrogens with one attached hydrogen (secondary N) is 1. The third kappa shape index (κ3) is 4.58. The highest BCUT2D eigenvalue weighted by atomic mass is 16.5. The summed E-state index contributed by atoms with van der Waals surface area (Å²) in [6, 6.07) is 6.07. The van der Waals surface area contributed by atoms with E-state index < -0.39 is 0 Å². The van der Waals surface area contributed by atoms with Crippen molar-refractivity contribution in [3.05, 3.63) is 35.4 Å². The Hall–Kier alpha value is -1.81. The minimum Gasteiger partial charge on any atom is -0.493 e. The molecular formula is C19H26N2O2. The average molecular weight is 314 g/mol. The van der Waals surface area contributed by atoms with Gasteiger partial charge in [-0.15, -0.1) is 0 Å². The van der Waals surface area contributed by atoms with Crippen molar-refractivity contribution in [3.8, 4) is 5.75 Å². The Morgan fingerprint density at radius 2 is 2.39 bits per heavy atom. The van der Waals surface area contributed by atoms with E-state index in [2.05, 4.69) is 23.2 Å². The predicted molar refractivity (Wildman–Crippen MR) is 92.5 cm³/mol. The summed E-state index contributed by atoms with van der Waals surface area (Å²) >= 11 is 0. The highest BCUT2D eigenvalue weighted by Crippen LogP contribution is 2.26. The first-order chi connectivity index (χ1) is 11.2. The van der Waals surface area contributed by atoms with Gasteiger partial charge in [-0.25, -0.2) is 0 Å². The zero-order valence-corrected chi connectivity index (χ0v) is 13.9. The maximum absolute atomic E-state index is 11.9. The van der Waals surface area contributed by atoms with Gasteiger partial charge in [0.15, 0.2) is 0 Å². The van der Waals surface area contributed by atoms with Gasteiger partial charge >= 0.3 is 0 Å². The predicted octanol–water partition coefficient (Wildman–Crippen LogP) is 2.48. The van der Waals surface area contributed by atoms with Gasteiger partial charge in [0.25, 0.3) is 0 Å². The number of nitrogens with zero attached hydrogens (tertiary/aromatic N) is 1. The van der Waals surface area contributed by atoms with Gasteiger partial charge in [-0.05, 0) is 54.6 Å². The SMILES string of the molecule is C[C@@H]1CCCN(CCNC(=O)/C=C/c2ccc3c(c2)CCO3)C1. The molecule has 124 valence electrons. The van der Waals surface area contributed by atoms with Crippen LogP contribution in [0.25, 0.3) is 6.08 Å². The number of likely N-dealkylation sites (tertiary alicyclic amines) is 1. The van der Waals surface area contributed by atoms with E-state index >= 15 is 0 Å². The van der Waals surface area contributed by atoms with Gasteiger partial charge in [-0.1, -0.05) is 13.0 Å². The maximum atomic E-state index is 11.9. The van der Waals surface area contributed by atoms with Crippen molar-refractivity contribution >= 4 is 12.0 Å². The molecule has 1 aromatic carbocycles. The summed E-state index contributed by atoms with van der Waals surface area (Å²) in [6.45, 7) is 7.04. The number of ether oxygens (including phenoxy) is 1. The van der Waals surface area contributed by atoms with E-state index in [0.29, 0.717) is 6.54 Å². The lowest BCUT2D eigenvalue weighted by Crippen LogP contribution is -2.39. The zero-order valence-electron chi connectivity index (χ0n) is 13.9. The largest absolute Gasteiger partial charge is 0.493 e. The van der Waals surface area contributed by atoms with Crippen molar-refractivity contribution in [2.24, 2.45) is 5.92 Å². The Morgan fingerprint density at radius 3 is 3.26 bits per heavy atom. The molecule has 0 spiro atoms.